The van der Waals surface area contributed by atoms with Crippen molar-refractivity contribution in [2.24, 2.45) is 11.8 Å². The Balaban J connectivity index is 1.64. The number of ketones is 1. The van der Waals surface area contributed by atoms with Gasteiger partial charge in [-0.3, -0.25) is 14.5 Å². The second-order valence-corrected chi connectivity index (χ2v) is 8.57. The summed E-state index contributed by atoms with van der Waals surface area (Å²) >= 11 is 0. The second kappa shape index (κ2) is 6.58. The fourth-order valence-electron chi connectivity index (χ4n) is 4.84. The van der Waals surface area contributed by atoms with Crippen LogP contribution < -0.4 is 4.90 Å². The molecular weight excluding hydrogens is 368 g/mol. The molecule has 0 spiro atoms. The van der Waals surface area contributed by atoms with Crippen molar-refractivity contribution in [2.75, 3.05) is 4.90 Å². The zero-order valence-corrected chi connectivity index (χ0v) is 16.8. The Hall–Kier alpha value is -2.89. The number of aromatic nitrogens is 1. The summed E-state index contributed by atoms with van der Waals surface area (Å²) in [5, 5.41) is 4.06. The molecule has 3 aliphatic rings. The van der Waals surface area contributed by atoms with E-state index in [9.17, 15) is 9.59 Å². The van der Waals surface area contributed by atoms with Gasteiger partial charge >= 0.3 is 0 Å². The number of benzene rings is 1. The highest BCUT2D eigenvalue weighted by Gasteiger charge is 2.53. The number of ether oxygens (including phenoxy) is 1. The van der Waals surface area contributed by atoms with E-state index in [1.807, 2.05) is 31.2 Å². The lowest BCUT2D eigenvalue weighted by molar-refractivity contribution is -0.132. The SMILES string of the molecule is Cc1ccc(C2C3=C(OC4CCC(C)CC4C3=O)C(=O)N2c2cc(C)on2)cc1. The van der Waals surface area contributed by atoms with Crippen molar-refractivity contribution in [1.82, 2.24) is 5.16 Å². The van der Waals surface area contributed by atoms with Crippen molar-refractivity contribution < 1.29 is 18.8 Å². The van der Waals surface area contributed by atoms with Crippen LogP contribution in [-0.4, -0.2) is 23.0 Å². The molecule has 4 unspecified atom stereocenters. The maximum atomic E-state index is 13.6. The molecule has 6 heteroatoms. The summed E-state index contributed by atoms with van der Waals surface area (Å²) in [6.45, 7) is 5.97. The van der Waals surface area contributed by atoms with Crippen LogP contribution in [0, 0.1) is 25.7 Å². The molecule has 0 saturated heterocycles. The van der Waals surface area contributed by atoms with Gasteiger partial charge < -0.3 is 9.26 Å². The van der Waals surface area contributed by atoms with Crippen LogP contribution in [0.2, 0.25) is 0 Å². The van der Waals surface area contributed by atoms with Gasteiger partial charge in [0.1, 0.15) is 11.9 Å². The molecule has 0 radical (unpaired) electrons. The van der Waals surface area contributed by atoms with E-state index in [1.165, 1.54) is 0 Å². The lowest BCUT2D eigenvalue weighted by Crippen LogP contribution is -2.41. The minimum atomic E-state index is -0.548. The monoisotopic (exact) mass is 392 g/mol. The molecule has 0 N–H and O–H groups in total. The molecule has 1 amide bonds. The van der Waals surface area contributed by atoms with Gasteiger partial charge in [-0.1, -0.05) is 41.9 Å². The molecule has 2 aliphatic heterocycles. The first-order valence-corrected chi connectivity index (χ1v) is 10.2. The molecule has 3 heterocycles. The van der Waals surface area contributed by atoms with Crippen LogP contribution >= 0.6 is 0 Å². The molecule has 6 nitrogen and oxygen atoms in total. The Bertz CT molecular complexity index is 1020. The number of carbonyl (C=O) groups excluding carboxylic acids is 2. The van der Waals surface area contributed by atoms with E-state index in [0.717, 1.165) is 30.4 Å². The molecule has 1 fully saturated rings. The third-order valence-electron chi connectivity index (χ3n) is 6.37. The number of anilines is 1. The predicted octanol–water partition coefficient (Wildman–Crippen LogP) is 4.04. The van der Waals surface area contributed by atoms with Gasteiger partial charge in [0.2, 0.25) is 0 Å². The van der Waals surface area contributed by atoms with E-state index >= 15 is 0 Å². The van der Waals surface area contributed by atoms with E-state index in [1.54, 1.807) is 17.9 Å². The van der Waals surface area contributed by atoms with E-state index in [0.29, 0.717) is 23.1 Å². The topological polar surface area (TPSA) is 72.6 Å². The predicted molar refractivity (Wildman–Crippen MR) is 106 cm³/mol. The Kier molecular flexibility index (Phi) is 4.12. The first-order chi connectivity index (χ1) is 13.9. The Morgan fingerprint density at radius 1 is 1.10 bits per heavy atom. The van der Waals surface area contributed by atoms with Crippen LogP contribution in [0.4, 0.5) is 5.82 Å². The Labute approximate surface area is 169 Å². The van der Waals surface area contributed by atoms with E-state index in [4.69, 9.17) is 9.26 Å². The van der Waals surface area contributed by atoms with E-state index in [-0.39, 0.29) is 29.5 Å². The number of rotatable bonds is 2. The van der Waals surface area contributed by atoms with Crippen molar-refractivity contribution in [2.45, 2.75) is 52.2 Å². The van der Waals surface area contributed by atoms with Gasteiger partial charge in [0.25, 0.3) is 5.91 Å². The molecule has 0 bridgehead atoms. The average molecular weight is 392 g/mol. The van der Waals surface area contributed by atoms with Gasteiger partial charge in [-0.2, -0.15) is 0 Å². The maximum absolute atomic E-state index is 13.6. The van der Waals surface area contributed by atoms with Crippen LogP contribution in [0.1, 0.15) is 49.1 Å². The number of Topliss-reactive ketones (excluding diaryl/α,β-unsaturated/α-hetero) is 1. The number of hydrogen-bond acceptors (Lipinski definition) is 5. The van der Waals surface area contributed by atoms with Crippen LogP contribution in [0.5, 0.6) is 0 Å². The molecule has 1 aliphatic carbocycles. The molecular formula is C23H24N2O4. The van der Waals surface area contributed by atoms with Crippen LogP contribution in [0.3, 0.4) is 0 Å². The molecule has 5 rings (SSSR count). The molecule has 4 atom stereocenters. The fourth-order valence-corrected chi connectivity index (χ4v) is 4.84. The van der Waals surface area contributed by atoms with Crippen molar-refractivity contribution >= 4 is 17.5 Å². The van der Waals surface area contributed by atoms with Gasteiger partial charge in [0.15, 0.2) is 17.4 Å². The number of carbonyl (C=O) groups is 2. The summed E-state index contributed by atoms with van der Waals surface area (Å²) < 4.78 is 11.4. The van der Waals surface area contributed by atoms with Crippen molar-refractivity contribution in [3.05, 3.63) is 58.6 Å². The summed E-state index contributed by atoms with van der Waals surface area (Å²) in [5.41, 5.74) is 2.45. The standard InChI is InChI=1S/C23H24N2O4/c1-12-4-7-15(8-5-12)20-19-21(26)16-10-13(2)6-9-17(16)28-22(19)23(27)25(20)18-11-14(3)29-24-18/h4-5,7-8,11,13,16-17,20H,6,9-10H2,1-3H3. The molecule has 150 valence electrons. The summed E-state index contributed by atoms with van der Waals surface area (Å²) in [6, 6.07) is 9.08. The smallest absolute Gasteiger partial charge is 0.295 e. The average Bonchev–Trinajstić information content (AvgIpc) is 3.25. The third-order valence-corrected chi connectivity index (χ3v) is 6.37. The van der Waals surface area contributed by atoms with Crippen molar-refractivity contribution in [3.63, 3.8) is 0 Å². The van der Waals surface area contributed by atoms with Gasteiger partial charge in [-0.25, -0.2) is 0 Å². The molecule has 1 aromatic carbocycles. The zero-order chi connectivity index (χ0) is 20.3. The van der Waals surface area contributed by atoms with Crippen LogP contribution in [-0.2, 0) is 14.3 Å². The number of fused-ring (bicyclic) bond motifs is 1. The highest BCUT2D eigenvalue weighted by molar-refractivity contribution is 6.17. The largest absolute Gasteiger partial charge is 0.483 e. The highest BCUT2D eigenvalue weighted by Crippen LogP contribution is 2.48. The second-order valence-electron chi connectivity index (χ2n) is 8.57. The third kappa shape index (κ3) is 2.81. The lowest BCUT2D eigenvalue weighted by Gasteiger charge is -2.37. The minimum Gasteiger partial charge on any atom is -0.483 e. The molecule has 2 aromatic rings. The number of amides is 1. The normalized spacial score (nSPS) is 29.0. The lowest BCUT2D eigenvalue weighted by atomic mass is 9.74. The summed E-state index contributed by atoms with van der Waals surface area (Å²) in [5.74, 6) is 1.23. The number of hydrogen-bond donors (Lipinski definition) is 0. The quantitative estimate of drug-likeness (QED) is 0.771. The first kappa shape index (κ1) is 18.2. The van der Waals surface area contributed by atoms with Crippen molar-refractivity contribution in [3.8, 4) is 0 Å². The first-order valence-electron chi connectivity index (χ1n) is 10.2. The zero-order valence-electron chi connectivity index (χ0n) is 16.8. The Morgan fingerprint density at radius 2 is 1.86 bits per heavy atom. The summed E-state index contributed by atoms with van der Waals surface area (Å²) in [4.78, 5) is 28.5. The van der Waals surface area contributed by atoms with E-state index < -0.39 is 6.04 Å². The van der Waals surface area contributed by atoms with Crippen molar-refractivity contribution in [1.29, 1.82) is 0 Å². The minimum absolute atomic E-state index is 0.0458. The van der Waals surface area contributed by atoms with Gasteiger partial charge in [-0.05, 0) is 44.6 Å². The van der Waals surface area contributed by atoms with Crippen LogP contribution in [0.15, 0.2) is 46.2 Å². The molecule has 29 heavy (non-hydrogen) atoms. The Morgan fingerprint density at radius 3 is 2.55 bits per heavy atom. The van der Waals surface area contributed by atoms with Gasteiger partial charge in [0, 0.05) is 6.07 Å². The number of aryl methyl sites for hydroxylation is 2. The maximum Gasteiger partial charge on any atom is 0.295 e. The van der Waals surface area contributed by atoms with Gasteiger partial charge in [0.05, 0.1) is 17.5 Å². The molecule has 1 saturated carbocycles. The van der Waals surface area contributed by atoms with Gasteiger partial charge in [-0.15, -0.1) is 0 Å². The fraction of sp³-hybridized carbons (Fsp3) is 0.435. The van der Waals surface area contributed by atoms with Crippen LogP contribution in [0.25, 0.3) is 0 Å². The number of nitrogens with zero attached hydrogens (tertiary/aromatic N) is 2. The summed E-state index contributed by atoms with van der Waals surface area (Å²) in [6.07, 6.45) is 2.41. The van der Waals surface area contributed by atoms with E-state index in [2.05, 4.69) is 12.1 Å². The highest BCUT2D eigenvalue weighted by atomic mass is 16.5. The summed E-state index contributed by atoms with van der Waals surface area (Å²) in [7, 11) is 0. The molecule has 1 aromatic heterocycles.